The molecule has 0 aliphatic heterocycles. The number of phenolic OH excluding ortho intramolecular Hbond substituents is 1. The number of para-hydroxylation sites is 1. The third-order valence-corrected chi connectivity index (χ3v) is 3.39. The smallest absolute Gasteiger partial charge is 0.153 e. The normalized spacial score (nSPS) is 11.1. The quantitative estimate of drug-likeness (QED) is 0.665. The van der Waals surface area contributed by atoms with Crippen LogP contribution in [0.3, 0.4) is 0 Å². The van der Waals surface area contributed by atoms with Crippen LogP contribution in [0.15, 0.2) is 40.8 Å². The molecule has 0 amide bonds. The molecule has 2 nitrogen and oxygen atoms in total. The molecule has 96 valence electrons. The van der Waals surface area contributed by atoms with Crippen LogP contribution in [0.25, 0.3) is 22.3 Å². The van der Waals surface area contributed by atoms with Gasteiger partial charge in [-0.2, -0.15) is 0 Å². The molecule has 0 saturated carbocycles. The summed E-state index contributed by atoms with van der Waals surface area (Å²) in [6.45, 7) is 0. The maximum atomic E-state index is 13.2. The van der Waals surface area contributed by atoms with E-state index in [0.29, 0.717) is 21.9 Å². The zero-order valence-corrected chi connectivity index (χ0v) is 11.0. The van der Waals surface area contributed by atoms with Crippen molar-refractivity contribution in [2.24, 2.45) is 0 Å². The minimum Gasteiger partial charge on any atom is -0.507 e. The first-order valence-corrected chi connectivity index (χ1v) is 6.18. The van der Waals surface area contributed by atoms with Gasteiger partial charge in [-0.05, 0) is 18.2 Å². The van der Waals surface area contributed by atoms with Crippen LogP contribution in [0.2, 0.25) is 10.0 Å². The van der Waals surface area contributed by atoms with Crippen molar-refractivity contribution in [3.63, 3.8) is 0 Å². The molecule has 0 bridgehead atoms. The molecule has 0 saturated heterocycles. The fraction of sp³-hybridized carbons (Fsp3) is 0. The monoisotopic (exact) mass is 296 g/mol. The summed E-state index contributed by atoms with van der Waals surface area (Å²) >= 11 is 11.7. The Morgan fingerprint density at radius 3 is 2.58 bits per heavy atom. The summed E-state index contributed by atoms with van der Waals surface area (Å²) in [5.41, 5.74) is 0.831. The molecule has 2 aromatic carbocycles. The molecule has 0 aliphatic carbocycles. The number of phenols is 1. The van der Waals surface area contributed by atoms with Crippen LogP contribution >= 0.6 is 23.2 Å². The topological polar surface area (TPSA) is 33.4 Å². The van der Waals surface area contributed by atoms with Crippen molar-refractivity contribution in [3.8, 4) is 17.1 Å². The van der Waals surface area contributed by atoms with Crippen molar-refractivity contribution in [2.45, 2.75) is 0 Å². The van der Waals surface area contributed by atoms with E-state index >= 15 is 0 Å². The number of aromatic hydroxyl groups is 1. The van der Waals surface area contributed by atoms with Gasteiger partial charge in [-0.1, -0.05) is 35.3 Å². The Bertz CT molecular complexity index is 780. The van der Waals surface area contributed by atoms with E-state index in [4.69, 9.17) is 27.6 Å². The van der Waals surface area contributed by atoms with Crippen molar-refractivity contribution in [1.29, 1.82) is 0 Å². The number of fused-ring (bicyclic) bond motifs is 1. The van der Waals surface area contributed by atoms with Crippen LogP contribution in [0, 0.1) is 5.82 Å². The molecule has 1 aromatic heterocycles. The third kappa shape index (κ3) is 2.05. The first kappa shape index (κ1) is 12.3. The van der Waals surface area contributed by atoms with Crippen LogP contribution in [-0.2, 0) is 0 Å². The molecule has 1 heterocycles. The molecule has 0 spiro atoms. The number of hydrogen-bond acceptors (Lipinski definition) is 2. The summed E-state index contributed by atoms with van der Waals surface area (Å²) in [5.74, 6) is -0.545. The molecule has 0 fully saturated rings. The van der Waals surface area contributed by atoms with Gasteiger partial charge >= 0.3 is 0 Å². The highest BCUT2D eigenvalue weighted by Gasteiger charge is 2.14. The van der Waals surface area contributed by atoms with E-state index in [9.17, 15) is 9.50 Å². The number of rotatable bonds is 1. The van der Waals surface area contributed by atoms with Gasteiger partial charge in [0.05, 0.1) is 15.6 Å². The zero-order chi connectivity index (χ0) is 13.6. The maximum Gasteiger partial charge on any atom is 0.153 e. The van der Waals surface area contributed by atoms with E-state index in [1.165, 1.54) is 6.07 Å². The summed E-state index contributed by atoms with van der Waals surface area (Å²) in [6, 6.07) is 9.31. The average molecular weight is 297 g/mol. The fourth-order valence-electron chi connectivity index (χ4n) is 1.89. The van der Waals surface area contributed by atoms with Gasteiger partial charge in [-0.15, -0.1) is 0 Å². The van der Waals surface area contributed by atoms with Gasteiger partial charge in [0.1, 0.15) is 17.3 Å². The first-order valence-electron chi connectivity index (χ1n) is 5.42. The Labute approximate surface area is 118 Å². The molecule has 0 radical (unpaired) electrons. The highest BCUT2D eigenvalue weighted by atomic mass is 35.5. The second-order valence-electron chi connectivity index (χ2n) is 4.05. The third-order valence-electron chi connectivity index (χ3n) is 2.80. The minimum absolute atomic E-state index is 0.0839. The summed E-state index contributed by atoms with van der Waals surface area (Å²) in [4.78, 5) is 0. The standard InChI is InChI=1S/C14H7Cl2FO2/c15-9-3-1-2-7-4-13(19-14(7)9)8-5-10(16)11(17)6-12(8)18/h1-6,18H. The highest BCUT2D eigenvalue weighted by molar-refractivity contribution is 6.35. The van der Waals surface area contributed by atoms with Crippen LogP contribution in [0.1, 0.15) is 0 Å². The SMILES string of the molecule is Oc1cc(F)c(Cl)cc1-c1cc2cccc(Cl)c2o1. The number of halogens is 3. The molecule has 3 rings (SSSR count). The molecule has 0 unspecified atom stereocenters. The average Bonchev–Trinajstić information content (AvgIpc) is 2.79. The van der Waals surface area contributed by atoms with Gasteiger partial charge in [-0.3, -0.25) is 0 Å². The Morgan fingerprint density at radius 1 is 1.05 bits per heavy atom. The Morgan fingerprint density at radius 2 is 1.84 bits per heavy atom. The lowest BCUT2D eigenvalue weighted by Gasteiger charge is -2.02. The lowest BCUT2D eigenvalue weighted by atomic mass is 10.1. The van der Waals surface area contributed by atoms with E-state index in [-0.39, 0.29) is 10.8 Å². The zero-order valence-electron chi connectivity index (χ0n) is 9.45. The van der Waals surface area contributed by atoms with Crippen LogP contribution in [0.4, 0.5) is 4.39 Å². The van der Waals surface area contributed by atoms with Crippen molar-refractivity contribution < 1.29 is 13.9 Å². The molecular weight excluding hydrogens is 290 g/mol. The van der Waals surface area contributed by atoms with E-state index in [1.54, 1.807) is 18.2 Å². The van der Waals surface area contributed by atoms with Gasteiger partial charge < -0.3 is 9.52 Å². The lowest BCUT2D eigenvalue weighted by molar-refractivity contribution is 0.468. The van der Waals surface area contributed by atoms with Gasteiger partial charge in [0.2, 0.25) is 0 Å². The van der Waals surface area contributed by atoms with E-state index in [0.717, 1.165) is 11.5 Å². The number of furan rings is 1. The maximum absolute atomic E-state index is 13.2. The molecule has 19 heavy (non-hydrogen) atoms. The molecule has 3 aromatic rings. The number of hydrogen-bond donors (Lipinski definition) is 1. The first-order chi connectivity index (χ1) is 9.06. The van der Waals surface area contributed by atoms with E-state index < -0.39 is 5.82 Å². The Kier molecular flexibility index (Phi) is 2.88. The molecular formula is C14H7Cl2FO2. The van der Waals surface area contributed by atoms with E-state index in [2.05, 4.69) is 0 Å². The van der Waals surface area contributed by atoms with Crippen LogP contribution < -0.4 is 0 Å². The lowest BCUT2D eigenvalue weighted by Crippen LogP contribution is -1.81. The molecule has 0 aliphatic rings. The van der Waals surface area contributed by atoms with Crippen molar-refractivity contribution in [1.82, 2.24) is 0 Å². The summed E-state index contributed by atoms with van der Waals surface area (Å²) in [5, 5.41) is 11.0. The molecule has 0 atom stereocenters. The van der Waals surface area contributed by atoms with Gasteiger partial charge in [-0.25, -0.2) is 4.39 Å². The Balaban J connectivity index is 2.25. The number of benzene rings is 2. The van der Waals surface area contributed by atoms with Crippen LogP contribution in [-0.4, -0.2) is 5.11 Å². The summed E-state index contributed by atoms with van der Waals surface area (Å²) in [7, 11) is 0. The second-order valence-corrected chi connectivity index (χ2v) is 4.87. The predicted octanol–water partition coefficient (Wildman–Crippen LogP) is 5.25. The van der Waals surface area contributed by atoms with E-state index in [1.807, 2.05) is 6.07 Å². The Hall–Kier alpha value is -1.71. The largest absolute Gasteiger partial charge is 0.507 e. The fourth-order valence-corrected chi connectivity index (χ4v) is 2.28. The molecule has 5 heteroatoms. The van der Waals surface area contributed by atoms with Gasteiger partial charge in [0.25, 0.3) is 0 Å². The van der Waals surface area contributed by atoms with Crippen molar-refractivity contribution in [2.75, 3.05) is 0 Å². The van der Waals surface area contributed by atoms with Crippen molar-refractivity contribution in [3.05, 3.63) is 52.3 Å². The summed E-state index contributed by atoms with van der Waals surface area (Å²) < 4.78 is 18.8. The van der Waals surface area contributed by atoms with Gasteiger partial charge in [0.15, 0.2) is 5.58 Å². The molecule has 1 N–H and O–H groups in total. The van der Waals surface area contributed by atoms with Crippen LogP contribution in [0.5, 0.6) is 5.75 Å². The van der Waals surface area contributed by atoms with Crippen molar-refractivity contribution >= 4 is 34.2 Å². The predicted molar refractivity (Wildman–Crippen MR) is 73.3 cm³/mol. The summed E-state index contributed by atoms with van der Waals surface area (Å²) in [6.07, 6.45) is 0. The van der Waals surface area contributed by atoms with Gasteiger partial charge in [0, 0.05) is 11.5 Å². The highest BCUT2D eigenvalue weighted by Crippen LogP contribution is 2.38. The minimum atomic E-state index is -0.683. The second kappa shape index (κ2) is 4.44.